The molecule has 0 bridgehead atoms. The Balaban J connectivity index is -0.000000100. The van der Waals surface area contributed by atoms with E-state index in [1.165, 1.54) is 51.4 Å². The van der Waals surface area contributed by atoms with Crippen LogP contribution in [0.25, 0.3) is 0 Å². The first-order valence-corrected chi connectivity index (χ1v) is 17.0. The van der Waals surface area contributed by atoms with Gasteiger partial charge in [0.05, 0.1) is 0 Å². The summed E-state index contributed by atoms with van der Waals surface area (Å²) >= 11 is 4.23. The number of fused-ring (bicyclic) bond motifs is 1. The molecule has 0 amide bonds. The van der Waals surface area contributed by atoms with Crippen molar-refractivity contribution in [1.29, 1.82) is 0 Å². The molecule has 0 N–H and O–H groups in total. The fraction of sp³-hybridized carbons (Fsp3) is 0.833. The van der Waals surface area contributed by atoms with E-state index in [4.69, 9.17) is 0 Å². The van der Waals surface area contributed by atoms with E-state index in [0.29, 0.717) is 10.7 Å². The summed E-state index contributed by atoms with van der Waals surface area (Å²) in [5.74, 6) is 1.73. The van der Waals surface area contributed by atoms with Crippen LogP contribution in [0.2, 0.25) is 0 Å². The molecule has 0 nitrogen and oxygen atoms in total. The van der Waals surface area contributed by atoms with Crippen molar-refractivity contribution >= 4 is 12.6 Å². The van der Waals surface area contributed by atoms with Gasteiger partial charge in [0.2, 0.25) is 0 Å². The van der Waals surface area contributed by atoms with E-state index < -0.39 is 0 Å². The van der Waals surface area contributed by atoms with Gasteiger partial charge in [0.1, 0.15) is 0 Å². The molecule has 2 rings (SSSR count). The van der Waals surface area contributed by atoms with Crippen molar-refractivity contribution in [2.75, 3.05) is 0 Å². The summed E-state index contributed by atoms with van der Waals surface area (Å²) in [6, 6.07) is 0. The molecule has 1 saturated carbocycles. The van der Waals surface area contributed by atoms with Crippen molar-refractivity contribution in [3.05, 3.63) is 36.0 Å². The monoisotopic (exact) mass is 543 g/mol. The van der Waals surface area contributed by atoms with Crippen molar-refractivity contribution in [1.82, 2.24) is 0 Å². The van der Waals surface area contributed by atoms with E-state index in [0.717, 1.165) is 18.3 Å². The van der Waals surface area contributed by atoms with Crippen molar-refractivity contribution < 1.29 is 0 Å². The van der Waals surface area contributed by atoms with Gasteiger partial charge in [0.15, 0.2) is 0 Å². The normalized spacial score (nSPS) is 20.5. The summed E-state index contributed by atoms with van der Waals surface area (Å²) < 4.78 is 0. The van der Waals surface area contributed by atoms with Crippen LogP contribution in [0.1, 0.15) is 175 Å². The molecule has 3 unspecified atom stereocenters. The second kappa shape index (κ2) is 40.1. The average molecular weight is 543 g/mol. The molecule has 0 radical (unpaired) electrons. The standard InChI is InChI=1S/C17H28.C5H12S.C4H8.5C2H6/c1-5-7-13(2)12-15-8-6-11-17(4)14(3)9-10-16(15)17;1-3-5(6)4-2;1-3-4-2;5*1-2/h9,12,15-16H,5-8,10-11H2,1-4H3;5-6H,3-4H2,1-2H3;3H,1,4H2,2H3;5*1-2H3. The zero-order valence-electron chi connectivity index (χ0n) is 29.5. The van der Waals surface area contributed by atoms with E-state index in [2.05, 4.69) is 79.8 Å². The second-order valence-corrected chi connectivity index (χ2v) is 9.36. The Hall–Kier alpha value is -0.430. The van der Waals surface area contributed by atoms with Gasteiger partial charge >= 0.3 is 0 Å². The smallest absolute Gasteiger partial charge is 0.00115 e. The van der Waals surface area contributed by atoms with Gasteiger partial charge in [0.25, 0.3) is 0 Å². The van der Waals surface area contributed by atoms with E-state index in [1.54, 1.807) is 11.1 Å². The maximum atomic E-state index is 4.23. The third-order valence-corrected chi connectivity index (χ3v) is 7.25. The third-order valence-electron chi connectivity index (χ3n) is 6.52. The lowest BCUT2D eigenvalue weighted by atomic mass is 9.62. The second-order valence-electron chi connectivity index (χ2n) is 8.63. The van der Waals surface area contributed by atoms with Crippen LogP contribution in [0.5, 0.6) is 0 Å². The zero-order chi connectivity index (χ0) is 30.9. The van der Waals surface area contributed by atoms with Gasteiger partial charge in [-0.3, -0.25) is 0 Å². The Morgan fingerprint density at radius 1 is 0.973 bits per heavy atom. The highest BCUT2D eigenvalue weighted by Gasteiger charge is 2.44. The van der Waals surface area contributed by atoms with E-state index in [1.807, 2.05) is 75.3 Å². The maximum Gasteiger partial charge on any atom is 0.00115 e. The van der Waals surface area contributed by atoms with Gasteiger partial charge in [-0.1, -0.05) is 146 Å². The largest absolute Gasteiger partial charge is 0.176 e. The van der Waals surface area contributed by atoms with Crippen LogP contribution < -0.4 is 0 Å². The maximum absolute atomic E-state index is 4.23. The fourth-order valence-corrected chi connectivity index (χ4v) is 4.36. The summed E-state index contributed by atoms with van der Waals surface area (Å²) in [5.41, 5.74) is 3.80. The molecule has 228 valence electrons. The van der Waals surface area contributed by atoms with Crippen molar-refractivity contribution in [2.24, 2.45) is 17.3 Å². The van der Waals surface area contributed by atoms with E-state index >= 15 is 0 Å². The molecular formula is C36H78S. The molecule has 37 heavy (non-hydrogen) atoms. The first-order chi connectivity index (χ1) is 17.8. The number of thiol groups is 1. The molecule has 1 fully saturated rings. The minimum atomic E-state index is 0.520. The molecule has 0 aliphatic heterocycles. The predicted octanol–water partition coefficient (Wildman–Crippen LogP) is 14.3. The number of rotatable bonds is 6. The van der Waals surface area contributed by atoms with Crippen LogP contribution in [-0.2, 0) is 0 Å². The van der Waals surface area contributed by atoms with Crippen LogP contribution in [0, 0.1) is 17.3 Å². The predicted molar refractivity (Wildman–Crippen MR) is 187 cm³/mol. The fourth-order valence-electron chi connectivity index (χ4n) is 4.36. The summed E-state index contributed by atoms with van der Waals surface area (Å²) in [6.07, 6.45) is 18.6. The van der Waals surface area contributed by atoms with E-state index in [9.17, 15) is 0 Å². The van der Waals surface area contributed by atoms with Gasteiger partial charge < -0.3 is 0 Å². The van der Waals surface area contributed by atoms with Gasteiger partial charge in [0, 0.05) is 5.25 Å². The molecule has 2 aliphatic carbocycles. The Kier molecular flexibility index (Phi) is 53.6. The molecule has 0 aromatic heterocycles. The topological polar surface area (TPSA) is 0 Å². The van der Waals surface area contributed by atoms with Crippen LogP contribution in [0.3, 0.4) is 0 Å². The number of allylic oxidation sites excluding steroid dienone is 5. The Bertz CT molecular complexity index is 455. The van der Waals surface area contributed by atoms with Gasteiger partial charge in [-0.2, -0.15) is 12.6 Å². The highest BCUT2D eigenvalue weighted by molar-refractivity contribution is 7.80. The van der Waals surface area contributed by atoms with Gasteiger partial charge in [-0.05, 0) is 76.0 Å². The molecule has 0 spiro atoms. The lowest BCUT2D eigenvalue weighted by Crippen LogP contribution is -2.34. The van der Waals surface area contributed by atoms with Crippen molar-refractivity contribution in [3.63, 3.8) is 0 Å². The van der Waals surface area contributed by atoms with Crippen molar-refractivity contribution in [3.8, 4) is 0 Å². The summed E-state index contributed by atoms with van der Waals surface area (Å²) in [4.78, 5) is 0. The lowest BCUT2D eigenvalue weighted by Gasteiger charge is -2.42. The third kappa shape index (κ3) is 25.6. The lowest BCUT2D eigenvalue weighted by molar-refractivity contribution is 0.134. The van der Waals surface area contributed by atoms with Crippen LogP contribution >= 0.6 is 12.6 Å². The Morgan fingerprint density at radius 2 is 1.41 bits per heavy atom. The molecule has 0 aromatic carbocycles. The minimum absolute atomic E-state index is 0.520. The summed E-state index contributed by atoms with van der Waals surface area (Å²) in [5, 5.41) is 0.630. The molecule has 0 aromatic rings. The van der Waals surface area contributed by atoms with Gasteiger partial charge in [-0.25, -0.2) is 0 Å². The number of hydrogen-bond donors (Lipinski definition) is 1. The molecule has 0 saturated heterocycles. The molecule has 3 atom stereocenters. The summed E-state index contributed by atoms with van der Waals surface area (Å²) in [6.45, 7) is 39.3. The SMILES string of the molecule is C=CCC.CC.CC.CC.CC.CC.CCC(S)CC.CCCC(C)=CC1CCCC2(C)C(C)=CCC12. The van der Waals surface area contributed by atoms with Gasteiger partial charge in [-0.15, -0.1) is 6.58 Å². The Labute approximate surface area is 246 Å². The zero-order valence-corrected chi connectivity index (χ0v) is 30.4. The highest BCUT2D eigenvalue weighted by Crippen LogP contribution is 2.55. The highest BCUT2D eigenvalue weighted by atomic mass is 32.1. The van der Waals surface area contributed by atoms with Crippen LogP contribution in [-0.4, -0.2) is 5.25 Å². The quantitative estimate of drug-likeness (QED) is 0.250. The Morgan fingerprint density at radius 3 is 1.73 bits per heavy atom. The summed E-state index contributed by atoms with van der Waals surface area (Å²) in [7, 11) is 0. The van der Waals surface area contributed by atoms with Crippen molar-refractivity contribution in [2.45, 2.75) is 181 Å². The number of hydrogen-bond acceptors (Lipinski definition) is 1. The van der Waals surface area contributed by atoms with Crippen LogP contribution in [0.4, 0.5) is 0 Å². The first-order valence-electron chi connectivity index (χ1n) is 16.4. The molecule has 1 heteroatoms. The first kappa shape index (κ1) is 49.5. The average Bonchev–Trinajstić information content (AvgIpc) is 3.29. The van der Waals surface area contributed by atoms with Crippen LogP contribution in [0.15, 0.2) is 36.0 Å². The van der Waals surface area contributed by atoms with E-state index in [-0.39, 0.29) is 0 Å². The molecule has 2 aliphatic rings. The minimum Gasteiger partial charge on any atom is -0.176 e. The molecular weight excluding hydrogens is 464 g/mol. The molecule has 0 heterocycles.